The van der Waals surface area contributed by atoms with Crippen LogP contribution in [0.2, 0.25) is 0 Å². The maximum atomic E-state index is 12.3. The zero-order valence-electron chi connectivity index (χ0n) is 13.9. The first kappa shape index (κ1) is 17.5. The monoisotopic (exact) mass is 297 g/mol. The summed E-state index contributed by atoms with van der Waals surface area (Å²) in [5, 5.41) is 3.21. The summed E-state index contributed by atoms with van der Waals surface area (Å²) in [6, 6.07) is -0.461. The second kappa shape index (κ2) is 6.96. The van der Waals surface area contributed by atoms with E-state index in [1.165, 1.54) is 7.11 Å². The van der Waals surface area contributed by atoms with E-state index in [1.54, 1.807) is 0 Å². The Labute approximate surface area is 127 Å². The normalized spacial score (nSPS) is 16.9. The molecule has 5 nitrogen and oxygen atoms in total. The lowest BCUT2D eigenvalue weighted by Crippen LogP contribution is -2.44. The summed E-state index contributed by atoms with van der Waals surface area (Å²) in [6.07, 6.45) is 2.34. The van der Waals surface area contributed by atoms with Gasteiger partial charge in [-0.15, -0.1) is 0 Å². The van der Waals surface area contributed by atoms with Crippen LogP contribution in [0.15, 0.2) is 11.3 Å². The minimum absolute atomic E-state index is 0.0619. The van der Waals surface area contributed by atoms with Crippen molar-refractivity contribution in [1.29, 1.82) is 0 Å². The molecule has 1 rings (SSSR count). The Morgan fingerprint density at radius 1 is 1.19 bits per heavy atom. The van der Waals surface area contributed by atoms with E-state index < -0.39 is 11.6 Å². The molecule has 0 saturated heterocycles. The second-order valence-corrected chi connectivity index (χ2v) is 6.70. The minimum atomic E-state index is -0.527. The molecule has 0 heterocycles. The van der Waals surface area contributed by atoms with Gasteiger partial charge in [0.25, 0.3) is 0 Å². The summed E-state index contributed by atoms with van der Waals surface area (Å²) in [5.41, 5.74) is 0.930. The van der Waals surface area contributed by atoms with Gasteiger partial charge < -0.3 is 14.8 Å². The lowest BCUT2D eigenvalue weighted by molar-refractivity contribution is -0.158. The molecule has 0 aromatic carbocycles. The van der Waals surface area contributed by atoms with Crippen LogP contribution in [0.3, 0.4) is 0 Å². The molecule has 5 heteroatoms. The lowest BCUT2D eigenvalue weighted by Gasteiger charge is -2.27. The van der Waals surface area contributed by atoms with E-state index in [0.29, 0.717) is 12.0 Å². The summed E-state index contributed by atoms with van der Waals surface area (Å²) in [7, 11) is 1.37. The van der Waals surface area contributed by atoms with E-state index in [1.807, 2.05) is 34.6 Å². The second-order valence-electron chi connectivity index (χ2n) is 6.70. The number of hydrogen-bond donors (Lipinski definition) is 1. The minimum Gasteiger partial charge on any atom is -0.466 e. The van der Waals surface area contributed by atoms with E-state index in [0.717, 1.165) is 18.5 Å². The highest BCUT2D eigenvalue weighted by Crippen LogP contribution is 2.26. The van der Waals surface area contributed by atoms with E-state index >= 15 is 0 Å². The van der Waals surface area contributed by atoms with E-state index in [-0.39, 0.29) is 17.9 Å². The Kier molecular flexibility index (Phi) is 5.81. The van der Waals surface area contributed by atoms with Gasteiger partial charge in [-0.25, -0.2) is 9.59 Å². The van der Waals surface area contributed by atoms with Crippen LogP contribution < -0.4 is 5.32 Å². The van der Waals surface area contributed by atoms with Crippen molar-refractivity contribution >= 4 is 11.9 Å². The van der Waals surface area contributed by atoms with Crippen LogP contribution in [0.25, 0.3) is 0 Å². The number of ether oxygens (including phenoxy) is 2. The van der Waals surface area contributed by atoms with Gasteiger partial charge in [0.2, 0.25) is 0 Å². The van der Waals surface area contributed by atoms with Crippen molar-refractivity contribution in [3.63, 3.8) is 0 Å². The standard InChI is InChI=1S/C16H27NO4/c1-10(2)13(15(19)21-16(3,4)5)17-12-9-7-8-11(12)14(18)20-6/h10,13,17H,7-9H2,1-6H3/t13-/m0/s1. The Morgan fingerprint density at radius 3 is 2.29 bits per heavy atom. The molecule has 0 unspecified atom stereocenters. The van der Waals surface area contributed by atoms with Crippen molar-refractivity contribution in [2.45, 2.75) is 65.5 Å². The van der Waals surface area contributed by atoms with Crippen LogP contribution in [0, 0.1) is 5.92 Å². The zero-order valence-corrected chi connectivity index (χ0v) is 13.9. The SMILES string of the molecule is COC(=O)C1=C(N[C@H](C(=O)OC(C)(C)C)C(C)C)CCC1. The van der Waals surface area contributed by atoms with Gasteiger partial charge >= 0.3 is 11.9 Å². The molecule has 0 aromatic rings. The van der Waals surface area contributed by atoms with Gasteiger partial charge in [-0.05, 0) is 46.0 Å². The van der Waals surface area contributed by atoms with Gasteiger partial charge in [0.1, 0.15) is 11.6 Å². The first-order chi connectivity index (χ1) is 9.65. The summed E-state index contributed by atoms with van der Waals surface area (Å²) >= 11 is 0. The van der Waals surface area contributed by atoms with Gasteiger partial charge in [0, 0.05) is 5.70 Å². The van der Waals surface area contributed by atoms with Crippen LogP contribution in [0.5, 0.6) is 0 Å². The van der Waals surface area contributed by atoms with Gasteiger partial charge in [-0.1, -0.05) is 13.8 Å². The summed E-state index contributed by atoms with van der Waals surface area (Å²) in [6.45, 7) is 9.44. The number of allylic oxidation sites excluding steroid dienone is 1. The van der Waals surface area contributed by atoms with Gasteiger partial charge in [0.05, 0.1) is 12.7 Å². The molecule has 0 bridgehead atoms. The molecular weight excluding hydrogens is 270 g/mol. The molecule has 21 heavy (non-hydrogen) atoms. The van der Waals surface area contributed by atoms with E-state index in [4.69, 9.17) is 9.47 Å². The number of rotatable bonds is 5. The average molecular weight is 297 g/mol. The Morgan fingerprint density at radius 2 is 1.81 bits per heavy atom. The topological polar surface area (TPSA) is 64.6 Å². The van der Waals surface area contributed by atoms with Crippen molar-refractivity contribution in [2.24, 2.45) is 5.92 Å². The number of nitrogens with one attached hydrogen (secondary N) is 1. The predicted molar refractivity (Wildman–Crippen MR) is 80.5 cm³/mol. The van der Waals surface area contributed by atoms with Crippen LogP contribution in [-0.2, 0) is 19.1 Å². The van der Waals surface area contributed by atoms with Gasteiger partial charge in [-0.3, -0.25) is 0 Å². The first-order valence-electron chi connectivity index (χ1n) is 7.45. The summed E-state index contributed by atoms with van der Waals surface area (Å²) in [5.74, 6) is -0.547. The van der Waals surface area contributed by atoms with E-state index in [2.05, 4.69) is 5.32 Å². The number of hydrogen-bond acceptors (Lipinski definition) is 5. The Hall–Kier alpha value is -1.52. The fraction of sp³-hybridized carbons (Fsp3) is 0.750. The van der Waals surface area contributed by atoms with E-state index in [9.17, 15) is 9.59 Å². The predicted octanol–water partition coefficient (Wildman–Crippen LogP) is 2.55. The highest BCUT2D eigenvalue weighted by Gasteiger charge is 2.31. The maximum absolute atomic E-state index is 12.3. The van der Waals surface area contributed by atoms with Gasteiger partial charge in [0.15, 0.2) is 0 Å². The average Bonchev–Trinajstić information content (AvgIpc) is 2.80. The maximum Gasteiger partial charge on any atom is 0.335 e. The van der Waals surface area contributed by atoms with Crippen molar-refractivity contribution in [3.8, 4) is 0 Å². The number of methoxy groups -OCH3 is 1. The molecule has 0 saturated carbocycles. The van der Waals surface area contributed by atoms with Crippen molar-refractivity contribution in [2.75, 3.05) is 7.11 Å². The fourth-order valence-electron chi connectivity index (χ4n) is 2.30. The summed E-state index contributed by atoms with van der Waals surface area (Å²) < 4.78 is 10.2. The fourth-order valence-corrected chi connectivity index (χ4v) is 2.30. The molecule has 0 fully saturated rings. The van der Waals surface area contributed by atoms with Crippen LogP contribution >= 0.6 is 0 Å². The smallest absolute Gasteiger partial charge is 0.335 e. The van der Waals surface area contributed by atoms with Crippen molar-refractivity contribution in [3.05, 3.63) is 11.3 Å². The molecule has 0 aliphatic heterocycles. The quantitative estimate of drug-likeness (QED) is 0.790. The Bertz CT molecular complexity index is 432. The third-order valence-corrected chi connectivity index (χ3v) is 3.31. The molecule has 0 aromatic heterocycles. The molecular formula is C16H27NO4. The summed E-state index contributed by atoms with van der Waals surface area (Å²) in [4.78, 5) is 24.0. The Balaban J connectivity index is 2.88. The molecule has 0 amide bonds. The zero-order chi connectivity index (χ0) is 16.2. The van der Waals surface area contributed by atoms with Crippen LogP contribution in [-0.4, -0.2) is 30.7 Å². The number of esters is 2. The molecule has 0 radical (unpaired) electrons. The third kappa shape index (κ3) is 5.06. The molecule has 1 aliphatic rings. The number of carbonyl (C=O) groups excluding carboxylic acids is 2. The first-order valence-corrected chi connectivity index (χ1v) is 7.45. The highest BCUT2D eigenvalue weighted by atomic mass is 16.6. The molecule has 0 spiro atoms. The molecule has 1 aliphatic carbocycles. The molecule has 1 atom stereocenters. The largest absolute Gasteiger partial charge is 0.466 e. The van der Waals surface area contributed by atoms with Gasteiger partial charge in [-0.2, -0.15) is 0 Å². The van der Waals surface area contributed by atoms with Crippen LogP contribution in [0.4, 0.5) is 0 Å². The molecule has 1 N–H and O–H groups in total. The lowest BCUT2D eigenvalue weighted by atomic mass is 10.0. The number of carbonyl (C=O) groups is 2. The van der Waals surface area contributed by atoms with Crippen molar-refractivity contribution < 1.29 is 19.1 Å². The highest BCUT2D eigenvalue weighted by molar-refractivity contribution is 5.90. The third-order valence-electron chi connectivity index (χ3n) is 3.31. The van der Waals surface area contributed by atoms with Crippen LogP contribution in [0.1, 0.15) is 53.9 Å². The van der Waals surface area contributed by atoms with Crippen molar-refractivity contribution in [1.82, 2.24) is 5.32 Å². The molecule has 120 valence electrons.